The quantitative estimate of drug-likeness (QED) is 0.456. The van der Waals surface area contributed by atoms with Crippen molar-refractivity contribution in [3.05, 3.63) is 53.6 Å². The van der Waals surface area contributed by atoms with E-state index in [2.05, 4.69) is 4.98 Å². The first kappa shape index (κ1) is 16.8. The highest BCUT2D eigenvalue weighted by molar-refractivity contribution is 5.76. The molecule has 0 aliphatic carbocycles. The highest BCUT2D eigenvalue weighted by Gasteiger charge is 2.15. The molecular formula is C18H17NO6. The van der Waals surface area contributed by atoms with E-state index in [0.717, 1.165) is 6.29 Å². The molecule has 0 spiro atoms. The van der Waals surface area contributed by atoms with Crippen LogP contribution in [0.2, 0.25) is 0 Å². The Balaban J connectivity index is 1.76. The van der Waals surface area contributed by atoms with E-state index in [0.29, 0.717) is 40.2 Å². The van der Waals surface area contributed by atoms with Crippen LogP contribution >= 0.6 is 0 Å². The molecule has 0 saturated carbocycles. The Morgan fingerprint density at radius 1 is 1.20 bits per heavy atom. The Labute approximate surface area is 144 Å². The van der Waals surface area contributed by atoms with E-state index >= 15 is 0 Å². The number of hydrogen-bond donors (Lipinski definition) is 0. The first-order chi connectivity index (χ1) is 12.2. The van der Waals surface area contributed by atoms with E-state index in [4.69, 9.17) is 23.0 Å². The molecule has 7 nitrogen and oxygen atoms in total. The number of benzene rings is 1. The number of aromatic nitrogens is 1. The lowest BCUT2D eigenvalue weighted by atomic mass is 10.2. The van der Waals surface area contributed by atoms with Crippen molar-refractivity contribution in [3.63, 3.8) is 0 Å². The van der Waals surface area contributed by atoms with Crippen LogP contribution in [0.5, 0.6) is 11.5 Å². The number of hydrogen-bond acceptors (Lipinski definition) is 7. The van der Waals surface area contributed by atoms with Gasteiger partial charge >= 0.3 is 0 Å². The van der Waals surface area contributed by atoms with Gasteiger partial charge in [-0.1, -0.05) is 0 Å². The minimum atomic E-state index is 0.0459. The molecule has 25 heavy (non-hydrogen) atoms. The first-order valence-corrected chi connectivity index (χ1v) is 7.55. The molecule has 0 unspecified atom stereocenters. The number of aryl methyl sites for hydroxylation is 1. The van der Waals surface area contributed by atoms with Crippen molar-refractivity contribution in [1.29, 1.82) is 0 Å². The van der Waals surface area contributed by atoms with E-state index in [1.54, 1.807) is 43.5 Å². The molecule has 1 aromatic carbocycles. The molecule has 0 aliphatic rings. The highest BCUT2D eigenvalue weighted by atomic mass is 16.7. The number of carbonyl (C=O) groups excluding carboxylic acids is 1. The Hall–Kier alpha value is -3.06. The fourth-order valence-corrected chi connectivity index (χ4v) is 2.17. The normalized spacial score (nSPS) is 10.6. The van der Waals surface area contributed by atoms with Crippen molar-refractivity contribution in [3.8, 4) is 23.1 Å². The van der Waals surface area contributed by atoms with E-state index < -0.39 is 0 Å². The molecule has 0 amide bonds. The average molecular weight is 343 g/mol. The van der Waals surface area contributed by atoms with Crippen LogP contribution in [-0.4, -0.2) is 25.2 Å². The maximum atomic E-state index is 10.9. The lowest BCUT2D eigenvalue weighted by molar-refractivity contribution is 0.0483. The third-order valence-electron chi connectivity index (χ3n) is 3.43. The summed E-state index contributed by atoms with van der Waals surface area (Å²) >= 11 is 0. The summed E-state index contributed by atoms with van der Waals surface area (Å²) in [6.07, 6.45) is 2.29. The fraction of sp³-hybridized carbons (Fsp3) is 0.222. The van der Waals surface area contributed by atoms with Gasteiger partial charge in [0.15, 0.2) is 24.1 Å². The minimum Gasteiger partial charge on any atom is -0.483 e. The van der Waals surface area contributed by atoms with Crippen molar-refractivity contribution in [1.82, 2.24) is 4.98 Å². The summed E-state index contributed by atoms with van der Waals surface area (Å²) in [6.45, 7) is 2.03. The van der Waals surface area contributed by atoms with Gasteiger partial charge in [-0.2, -0.15) is 0 Å². The fourth-order valence-electron chi connectivity index (χ4n) is 2.17. The smallest absolute Gasteiger partial charge is 0.263 e. The zero-order valence-electron chi connectivity index (χ0n) is 13.9. The van der Waals surface area contributed by atoms with E-state index in [1.807, 2.05) is 0 Å². The largest absolute Gasteiger partial charge is 0.483 e. The van der Waals surface area contributed by atoms with Crippen LogP contribution in [0.15, 0.2) is 45.4 Å². The molecule has 2 aromatic heterocycles. The average Bonchev–Trinajstić information content (AvgIpc) is 3.28. The zero-order valence-corrected chi connectivity index (χ0v) is 13.9. The first-order valence-electron chi connectivity index (χ1n) is 7.55. The molecule has 0 N–H and O–H groups in total. The third-order valence-corrected chi connectivity index (χ3v) is 3.43. The molecule has 7 heteroatoms. The van der Waals surface area contributed by atoms with Gasteiger partial charge in [-0.3, -0.25) is 4.79 Å². The van der Waals surface area contributed by atoms with Crippen molar-refractivity contribution in [2.75, 3.05) is 13.9 Å². The minimum absolute atomic E-state index is 0.0459. The van der Waals surface area contributed by atoms with Crippen molar-refractivity contribution >= 4 is 6.29 Å². The number of carbonyl (C=O) groups is 1. The number of oxazole rings is 1. The number of ether oxygens (including phenoxy) is 3. The van der Waals surface area contributed by atoms with Gasteiger partial charge in [0, 0.05) is 12.7 Å². The zero-order chi connectivity index (χ0) is 17.6. The van der Waals surface area contributed by atoms with Crippen LogP contribution in [0.4, 0.5) is 0 Å². The number of furan rings is 1. The monoisotopic (exact) mass is 343 g/mol. The Morgan fingerprint density at radius 3 is 2.80 bits per heavy atom. The standard InChI is InChI=1S/C18H17NO6/c1-12-14(19-18(25-12)16-4-3-7-22-16)10-23-15-6-5-13(9-20)8-17(15)24-11-21-2/h3-9H,10-11H2,1-2H3. The van der Waals surface area contributed by atoms with Crippen LogP contribution in [0.1, 0.15) is 21.8 Å². The lowest BCUT2D eigenvalue weighted by Crippen LogP contribution is -2.04. The van der Waals surface area contributed by atoms with Gasteiger partial charge in [0.1, 0.15) is 24.3 Å². The Morgan fingerprint density at radius 2 is 2.08 bits per heavy atom. The van der Waals surface area contributed by atoms with Crippen molar-refractivity contribution in [2.45, 2.75) is 13.5 Å². The Kier molecular flexibility index (Phi) is 5.15. The summed E-state index contributed by atoms with van der Waals surface area (Å²) in [5.74, 6) is 2.47. The van der Waals surface area contributed by atoms with E-state index in [9.17, 15) is 4.79 Å². The molecular weight excluding hydrogens is 326 g/mol. The summed E-state index contributed by atoms with van der Waals surface area (Å²) in [7, 11) is 1.51. The molecule has 3 rings (SSSR count). The van der Waals surface area contributed by atoms with Gasteiger partial charge in [0.25, 0.3) is 5.89 Å². The van der Waals surface area contributed by atoms with E-state index in [1.165, 1.54) is 7.11 Å². The van der Waals surface area contributed by atoms with Gasteiger partial charge < -0.3 is 23.0 Å². The molecule has 0 bridgehead atoms. The van der Waals surface area contributed by atoms with Crippen LogP contribution in [-0.2, 0) is 11.3 Å². The maximum absolute atomic E-state index is 10.9. The molecule has 2 heterocycles. The second-order valence-electron chi connectivity index (χ2n) is 5.16. The summed E-state index contributed by atoms with van der Waals surface area (Å²) in [4.78, 5) is 15.3. The molecule has 3 aromatic rings. The lowest BCUT2D eigenvalue weighted by Gasteiger charge is -2.12. The van der Waals surface area contributed by atoms with Crippen molar-refractivity contribution < 1.29 is 27.8 Å². The molecule has 0 atom stereocenters. The maximum Gasteiger partial charge on any atom is 0.263 e. The highest BCUT2D eigenvalue weighted by Crippen LogP contribution is 2.30. The number of aldehydes is 1. The van der Waals surface area contributed by atoms with Gasteiger partial charge in [-0.05, 0) is 37.3 Å². The topological polar surface area (TPSA) is 83.9 Å². The number of nitrogens with zero attached hydrogens (tertiary/aromatic N) is 1. The predicted octanol–water partition coefficient (Wildman–Crippen LogP) is 3.62. The summed E-state index contributed by atoms with van der Waals surface area (Å²) in [5.41, 5.74) is 1.12. The number of rotatable bonds is 8. The molecule has 0 fully saturated rings. The summed E-state index contributed by atoms with van der Waals surface area (Å²) in [5, 5.41) is 0. The summed E-state index contributed by atoms with van der Waals surface area (Å²) in [6, 6.07) is 8.43. The van der Waals surface area contributed by atoms with Gasteiger partial charge in [0.05, 0.1) is 6.26 Å². The number of methoxy groups -OCH3 is 1. The predicted molar refractivity (Wildman–Crippen MR) is 87.6 cm³/mol. The van der Waals surface area contributed by atoms with Gasteiger partial charge in [-0.15, -0.1) is 0 Å². The van der Waals surface area contributed by atoms with Gasteiger partial charge in [-0.25, -0.2) is 4.98 Å². The molecule has 0 aliphatic heterocycles. The SMILES string of the molecule is COCOc1cc(C=O)ccc1OCc1nc(-c2ccco2)oc1C. The Bertz CT molecular complexity index is 837. The third kappa shape index (κ3) is 3.89. The van der Waals surface area contributed by atoms with Gasteiger partial charge in [0.2, 0.25) is 0 Å². The molecule has 0 radical (unpaired) electrons. The molecule has 0 saturated heterocycles. The second-order valence-corrected chi connectivity index (χ2v) is 5.16. The van der Waals surface area contributed by atoms with Crippen LogP contribution in [0.25, 0.3) is 11.7 Å². The van der Waals surface area contributed by atoms with Crippen LogP contribution in [0, 0.1) is 6.92 Å². The second kappa shape index (κ2) is 7.67. The summed E-state index contributed by atoms with van der Waals surface area (Å²) < 4.78 is 27.0. The molecule has 130 valence electrons. The van der Waals surface area contributed by atoms with Crippen LogP contribution < -0.4 is 9.47 Å². The van der Waals surface area contributed by atoms with Crippen LogP contribution in [0.3, 0.4) is 0 Å². The van der Waals surface area contributed by atoms with Crippen molar-refractivity contribution in [2.24, 2.45) is 0 Å². The van der Waals surface area contributed by atoms with E-state index in [-0.39, 0.29) is 13.4 Å².